The lowest BCUT2D eigenvalue weighted by molar-refractivity contribution is 0.134. The van der Waals surface area contributed by atoms with Crippen molar-refractivity contribution in [3.8, 4) is 17.2 Å². The number of aromatic nitrogens is 4. The van der Waals surface area contributed by atoms with Crippen LogP contribution in [0.3, 0.4) is 0 Å². The van der Waals surface area contributed by atoms with Gasteiger partial charge in [-0.05, 0) is 38.2 Å². The summed E-state index contributed by atoms with van der Waals surface area (Å²) < 4.78 is 16.7. The maximum absolute atomic E-state index is 12.9. The zero-order valence-corrected chi connectivity index (χ0v) is 21.5. The number of hydrogen-bond donors (Lipinski definition) is 2. The van der Waals surface area contributed by atoms with Gasteiger partial charge in [0, 0.05) is 44.2 Å². The number of nitrogens with one attached hydrogen (secondary N) is 2. The molecule has 0 radical (unpaired) electrons. The number of nitrogens with zero attached hydrogens (tertiary/aromatic N) is 5. The molecular formula is C26H31N7O4. The molecule has 11 nitrogen and oxygen atoms in total. The average Bonchev–Trinajstić information content (AvgIpc) is 2.89. The maximum atomic E-state index is 12.9. The summed E-state index contributed by atoms with van der Waals surface area (Å²) in [6.45, 7) is 7.52. The van der Waals surface area contributed by atoms with E-state index in [0.29, 0.717) is 46.2 Å². The Hall–Kier alpha value is -3.96. The second-order valence-electron chi connectivity index (χ2n) is 9.07. The highest BCUT2D eigenvalue weighted by Crippen LogP contribution is 2.33. The van der Waals surface area contributed by atoms with Crippen molar-refractivity contribution in [3.63, 3.8) is 0 Å². The van der Waals surface area contributed by atoms with Gasteiger partial charge >= 0.3 is 0 Å². The van der Waals surface area contributed by atoms with Gasteiger partial charge in [-0.15, -0.1) is 0 Å². The normalized spacial score (nSPS) is 14.7. The number of H-pyrrole nitrogens is 1. The second kappa shape index (κ2) is 10.6. The van der Waals surface area contributed by atoms with Crippen molar-refractivity contribution in [1.82, 2.24) is 29.7 Å². The Bertz CT molecular complexity index is 1480. The van der Waals surface area contributed by atoms with Crippen molar-refractivity contribution in [2.45, 2.75) is 6.92 Å². The van der Waals surface area contributed by atoms with E-state index in [1.807, 2.05) is 19.1 Å². The molecule has 0 aliphatic carbocycles. The fourth-order valence-corrected chi connectivity index (χ4v) is 4.40. The van der Waals surface area contributed by atoms with Crippen LogP contribution < -0.4 is 25.1 Å². The fraction of sp³-hybridized carbons (Fsp3) is 0.385. The third-order valence-electron chi connectivity index (χ3n) is 6.57. The number of likely N-dealkylation sites (N-methyl/N-ethyl adjacent to an activating group) is 1. The Morgan fingerprint density at radius 2 is 1.70 bits per heavy atom. The van der Waals surface area contributed by atoms with Crippen LogP contribution in [-0.4, -0.2) is 90.3 Å². The Morgan fingerprint density at radius 1 is 0.946 bits per heavy atom. The molecule has 4 aromatic rings. The summed E-state index contributed by atoms with van der Waals surface area (Å²) >= 11 is 0. The molecule has 3 heterocycles. The van der Waals surface area contributed by atoms with Crippen molar-refractivity contribution in [3.05, 3.63) is 46.4 Å². The van der Waals surface area contributed by atoms with Gasteiger partial charge in [-0.3, -0.25) is 20.0 Å². The topological polar surface area (TPSA) is 118 Å². The van der Waals surface area contributed by atoms with Crippen LogP contribution in [0.2, 0.25) is 0 Å². The summed E-state index contributed by atoms with van der Waals surface area (Å²) in [5.74, 6) is 2.37. The van der Waals surface area contributed by atoms with Gasteiger partial charge in [-0.1, -0.05) is 0 Å². The predicted molar refractivity (Wildman–Crippen MR) is 142 cm³/mol. The summed E-state index contributed by atoms with van der Waals surface area (Å²) in [5.41, 5.74) is 1.69. The molecule has 1 fully saturated rings. The van der Waals surface area contributed by atoms with Crippen LogP contribution in [0.1, 0.15) is 5.69 Å². The molecule has 0 amide bonds. The summed E-state index contributed by atoms with van der Waals surface area (Å²) in [6, 6.07) is 8.97. The van der Waals surface area contributed by atoms with Crippen molar-refractivity contribution in [2.24, 2.45) is 0 Å². The molecule has 37 heavy (non-hydrogen) atoms. The molecule has 1 aliphatic rings. The summed E-state index contributed by atoms with van der Waals surface area (Å²) in [6.07, 6.45) is 0. The molecule has 2 aromatic heterocycles. The Balaban J connectivity index is 1.32. The zero-order valence-electron chi connectivity index (χ0n) is 21.5. The molecule has 0 atom stereocenters. The highest BCUT2D eigenvalue weighted by atomic mass is 16.5. The van der Waals surface area contributed by atoms with Crippen LogP contribution in [0.25, 0.3) is 21.8 Å². The summed E-state index contributed by atoms with van der Waals surface area (Å²) in [5, 5.41) is 4.31. The molecule has 2 N–H and O–H groups in total. The number of aryl methyl sites for hydroxylation is 1. The molecule has 0 bridgehead atoms. The van der Waals surface area contributed by atoms with Gasteiger partial charge in [-0.2, -0.15) is 0 Å². The second-order valence-corrected chi connectivity index (χ2v) is 9.07. The standard InChI is InChI=1S/C26H31N7O4/c1-16-18-14-22(35-3)23(36-4)15-21(18)29-25(27-16)31-26-28-20-6-5-17(13-19(20)24(34)30-26)37-12-11-33-9-7-32(2)8-10-33/h5-6,13-15H,7-12H2,1-4H3,(H2,27,28,29,30,31,34). The summed E-state index contributed by atoms with van der Waals surface area (Å²) in [7, 11) is 5.30. The van der Waals surface area contributed by atoms with Crippen LogP contribution in [0, 0.1) is 6.92 Å². The predicted octanol–water partition coefficient (Wildman–Crippen LogP) is 2.56. The molecular weight excluding hydrogens is 474 g/mol. The molecule has 11 heteroatoms. The number of aromatic amines is 1. The molecule has 5 rings (SSSR count). The van der Waals surface area contributed by atoms with E-state index < -0.39 is 0 Å². The number of benzene rings is 2. The largest absolute Gasteiger partial charge is 0.493 e. The lowest BCUT2D eigenvalue weighted by Crippen LogP contribution is -2.45. The van der Waals surface area contributed by atoms with Crippen LogP contribution in [0.4, 0.5) is 11.9 Å². The number of rotatable bonds is 8. The van der Waals surface area contributed by atoms with Crippen molar-refractivity contribution >= 4 is 33.7 Å². The van der Waals surface area contributed by atoms with E-state index in [2.05, 4.69) is 42.1 Å². The van der Waals surface area contributed by atoms with E-state index in [0.717, 1.165) is 43.8 Å². The van der Waals surface area contributed by atoms with Crippen LogP contribution >= 0.6 is 0 Å². The quantitative estimate of drug-likeness (QED) is 0.370. The lowest BCUT2D eigenvalue weighted by Gasteiger charge is -2.32. The Labute approximate surface area is 214 Å². The lowest BCUT2D eigenvalue weighted by atomic mass is 10.1. The Kier molecular flexibility index (Phi) is 7.06. The number of hydrogen-bond acceptors (Lipinski definition) is 10. The molecule has 2 aromatic carbocycles. The highest BCUT2D eigenvalue weighted by Gasteiger charge is 2.15. The molecule has 0 spiro atoms. The molecule has 1 saturated heterocycles. The van der Waals surface area contributed by atoms with Gasteiger partial charge in [0.25, 0.3) is 5.56 Å². The monoisotopic (exact) mass is 505 g/mol. The minimum absolute atomic E-state index is 0.250. The first-order valence-electron chi connectivity index (χ1n) is 12.2. The first-order chi connectivity index (χ1) is 17.9. The smallest absolute Gasteiger partial charge is 0.260 e. The molecule has 194 valence electrons. The SMILES string of the molecule is COc1cc2nc(Nc3nc4ccc(OCCN5CCN(C)CC5)cc4c(=O)[nH]3)nc(C)c2cc1OC. The zero-order chi connectivity index (χ0) is 25.9. The van der Waals surface area contributed by atoms with Crippen LogP contribution in [0.15, 0.2) is 35.1 Å². The molecule has 0 unspecified atom stereocenters. The highest BCUT2D eigenvalue weighted by molar-refractivity contribution is 5.86. The van der Waals surface area contributed by atoms with Gasteiger partial charge in [0.15, 0.2) is 11.5 Å². The van der Waals surface area contributed by atoms with E-state index in [1.165, 1.54) is 0 Å². The number of anilines is 2. The first kappa shape index (κ1) is 24.7. The number of methoxy groups -OCH3 is 2. The number of fused-ring (bicyclic) bond motifs is 2. The molecule has 1 aliphatic heterocycles. The number of ether oxygens (including phenoxy) is 3. The van der Waals surface area contributed by atoms with E-state index in [4.69, 9.17) is 14.2 Å². The van der Waals surface area contributed by atoms with Crippen molar-refractivity contribution < 1.29 is 14.2 Å². The van der Waals surface area contributed by atoms with Crippen molar-refractivity contribution in [2.75, 3.05) is 65.9 Å². The minimum atomic E-state index is -0.277. The van der Waals surface area contributed by atoms with Gasteiger partial charge in [0.1, 0.15) is 12.4 Å². The van der Waals surface area contributed by atoms with Gasteiger partial charge in [-0.25, -0.2) is 15.0 Å². The average molecular weight is 506 g/mol. The fourth-order valence-electron chi connectivity index (χ4n) is 4.40. The van der Waals surface area contributed by atoms with Crippen molar-refractivity contribution in [1.29, 1.82) is 0 Å². The summed E-state index contributed by atoms with van der Waals surface area (Å²) in [4.78, 5) is 34.0. The van der Waals surface area contributed by atoms with Gasteiger partial charge in [0.2, 0.25) is 11.9 Å². The van der Waals surface area contributed by atoms with E-state index in [1.54, 1.807) is 32.4 Å². The third-order valence-corrected chi connectivity index (χ3v) is 6.57. The van der Waals surface area contributed by atoms with E-state index in [-0.39, 0.29) is 11.5 Å². The Morgan fingerprint density at radius 3 is 2.46 bits per heavy atom. The minimum Gasteiger partial charge on any atom is -0.493 e. The maximum Gasteiger partial charge on any atom is 0.260 e. The third kappa shape index (κ3) is 5.42. The van der Waals surface area contributed by atoms with E-state index in [9.17, 15) is 4.79 Å². The van der Waals surface area contributed by atoms with Crippen LogP contribution in [-0.2, 0) is 0 Å². The van der Waals surface area contributed by atoms with Gasteiger partial charge in [0.05, 0.1) is 36.3 Å². The number of piperazine rings is 1. The van der Waals surface area contributed by atoms with E-state index >= 15 is 0 Å². The van der Waals surface area contributed by atoms with Gasteiger partial charge < -0.3 is 19.1 Å². The first-order valence-corrected chi connectivity index (χ1v) is 12.2. The molecule has 0 saturated carbocycles. The van der Waals surface area contributed by atoms with Crippen LogP contribution in [0.5, 0.6) is 17.2 Å².